The molecule has 6 aromatic heterocycles. The van der Waals surface area contributed by atoms with Crippen molar-refractivity contribution in [2.75, 3.05) is 36.0 Å². The Labute approximate surface area is 285 Å². The van der Waals surface area contributed by atoms with Crippen LogP contribution >= 0.6 is 0 Å². The molecule has 6 heterocycles. The molecular weight excluding hydrogens is 610 g/mol. The first-order valence-corrected chi connectivity index (χ1v) is 17.9. The van der Waals surface area contributed by atoms with Crippen LogP contribution < -0.4 is 15.4 Å². The quantitative estimate of drug-likeness (QED) is 0.130. The summed E-state index contributed by atoms with van der Waals surface area (Å²) in [7, 11) is 4.13. The highest BCUT2D eigenvalue weighted by Crippen LogP contribution is 2.39. The Morgan fingerprint density at radius 3 is 1.94 bits per heavy atom. The van der Waals surface area contributed by atoms with Gasteiger partial charge in [0.2, 0.25) is 0 Å². The van der Waals surface area contributed by atoms with Crippen molar-refractivity contribution in [2.24, 2.45) is 14.1 Å². The second-order valence-electron chi connectivity index (χ2n) is 13.4. The third kappa shape index (κ3) is 4.91. The van der Waals surface area contributed by atoms with E-state index in [0.29, 0.717) is 11.1 Å². The molecule has 2 aromatic carbocycles. The van der Waals surface area contributed by atoms with E-state index in [1.165, 1.54) is 31.4 Å². The molecule has 0 amide bonds. The fourth-order valence-electron chi connectivity index (χ4n) is 7.73. The second-order valence-corrected chi connectivity index (χ2v) is 13.4. The zero-order valence-corrected chi connectivity index (χ0v) is 29.5. The number of unbranched alkanes of at least 4 members (excludes halogenated alkanes) is 2. The lowest BCUT2D eigenvalue weighted by atomic mass is 10.1. The zero-order valence-electron chi connectivity index (χ0n) is 29.5. The monoisotopic (exact) mass is 655 g/mol. The summed E-state index contributed by atoms with van der Waals surface area (Å²) in [5.41, 5.74) is 11.2. The molecule has 8 rings (SSSR count). The summed E-state index contributed by atoms with van der Waals surface area (Å²) in [5, 5.41) is 3.09. The van der Waals surface area contributed by atoms with Crippen molar-refractivity contribution in [1.82, 2.24) is 13.5 Å². The van der Waals surface area contributed by atoms with Gasteiger partial charge in [-0.2, -0.15) is 0 Å². The lowest BCUT2D eigenvalue weighted by Crippen LogP contribution is -2.25. The van der Waals surface area contributed by atoms with Gasteiger partial charge in [-0.15, -0.1) is 0 Å². The van der Waals surface area contributed by atoms with Gasteiger partial charge in [-0.1, -0.05) is 26.7 Å². The van der Waals surface area contributed by atoms with E-state index in [1.54, 1.807) is 0 Å². The van der Waals surface area contributed by atoms with Gasteiger partial charge in [0.15, 0.2) is 5.58 Å². The predicted molar refractivity (Wildman–Crippen MR) is 205 cm³/mol. The summed E-state index contributed by atoms with van der Waals surface area (Å²) in [4.78, 5) is 18.2. The van der Waals surface area contributed by atoms with Gasteiger partial charge in [-0.3, -0.25) is 0 Å². The van der Waals surface area contributed by atoms with Crippen LogP contribution in [0, 0.1) is 0 Å². The van der Waals surface area contributed by atoms with Crippen LogP contribution in [0.15, 0.2) is 80.5 Å². The number of rotatable bonds is 11. The number of hydrogen-bond donors (Lipinski definition) is 0. The Hall–Kier alpha value is -5.11. The van der Waals surface area contributed by atoms with Crippen molar-refractivity contribution in [3.05, 3.63) is 77.3 Å². The first-order chi connectivity index (χ1) is 23.8. The van der Waals surface area contributed by atoms with Crippen molar-refractivity contribution in [3.63, 3.8) is 0 Å². The Kier molecular flexibility index (Phi) is 7.69. The minimum Gasteiger partial charge on any atom is -0.454 e. The van der Waals surface area contributed by atoms with Gasteiger partial charge in [0.25, 0.3) is 0 Å². The summed E-state index contributed by atoms with van der Waals surface area (Å²) in [6, 6.07) is 21.4. The molecule has 0 saturated heterocycles. The Bertz CT molecular complexity index is 2560. The minimum atomic E-state index is -0.335. The van der Waals surface area contributed by atoms with E-state index >= 15 is 0 Å². The highest BCUT2D eigenvalue weighted by molar-refractivity contribution is 6.13. The molecule has 0 aliphatic carbocycles. The summed E-state index contributed by atoms with van der Waals surface area (Å²) >= 11 is 0. The predicted octanol–water partition coefficient (Wildman–Crippen LogP) is 9.85. The third-order valence-corrected chi connectivity index (χ3v) is 10.5. The fourth-order valence-corrected chi connectivity index (χ4v) is 7.73. The van der Waals surface area contributed by atoms with E-state index in [1.807, 2.05) is 25.2 Å². The van der Waals surface area contributed by atoms with E-state index in [2.05, 4.69) is 107 Å². The van der Waals surface area contributed by atoms with Crippen LogP contribution in [-0.2, 0) is 14.1 Å². The van der Waals surface area contributed by atoms with Crippen LogP contribution in [0.1, 0.15) is 53.4 Å². The van der Waals surface area contributed by atoms with Crippen LogP contribution in [-0.4, -0.2) is 39.7 Å². The van der Waals surface area contributed by atoms with Crippen LogP contribution in [0.3, 0.4) is 0 Å². The average Bonchev–Trinajstić information content (AvgIpc) is 3.82. The zero-order chi connectivity index (χ0) is 34.0. The summed E-state index contributed by atoms with van der Waals surface area (Å²) in [6.07, 6.45) is 6.84. The number of anilines is 2. The van der Waals surface area contributed by atoms with Crippen LogP contribution in [0.2, 0.25) is 0 Å². The van der Waals surface area contributed by atoms with E-state index < -0.39 is 0 Å². The highest BCUT2D eigenvalue weighted by Gasteiger charge is 2.23. The smallest absolute Gasteiger partial charge is 0.345 e. The lowest BCUT2D eigenvalue weighted by Gasteiger charge is -2.24. The fraction of sp³-hybridized carbons (Fsp3) is 0.341. The molecule has 0 aliphatic heterocycles. The molecule has 49 heavy (non-hydrogen) atoms. The molecule has 0 spiro atoms. The van der Waals surface area contributed by atoms with Gasteiger partial charge in [0, 0.05) is 79.9 Å². The summed E-state index contributed by atoms with van der Waals surface area (Å²) in [5.74, 6) is 0. The molecule has 0 aliphatic rings. The number of nitrogens with zero attached hydrogens (tertiary/aromatic N) is 5. The molecule has 8 nitrogen and oxygen atoms in total. The minimum absolute atomic E-state index is 0.335. The second kappa shape index (κ2) is 12.1. The molecule has 0 saturated carbocycles. The molecule has 0 bridgehead atoms. The maximum atomic E-state index is 13.5. The summed E-state index contributed by atoms with van der Waals surface area (Å²) in [6.45, 7) is 12.7. The topological polar surface area (TPSA) is 64.1 Å². The van der Waals surface area contributed by atoms with Gasteiger partial charge >= 0.3 is 5.63 Å². The van der Waals surface area contributed by atoms with Crippen LogP contribution in [0.5, 0.6) is 0 Å². The van der Waals surface area contributed by atoms with Crippen molar-refractivity contribution < 1.29 is 8.83 Å². The van der Waals surface area contributed by atoms with Crippen molar-refractivity contribution >= 4 is 71.9 Å². The number of benzene rings is 2. The Morgan fingerprint density at radius 1 is 0.633 bits per heavy atom. The standard InChI is InChI=1S/C41H45N5O3/c1-7-11-17-45(18-12-8-2)29-16-14-26-19-30-33-24-35-40(46(33)25-38(30)48-36(26)22-29)39-34(42(35)5)23-32(43(39)6)31-20-27-13-15-28(44(9-3)10-4)21-37(27)49-41(31)47/h13-16,19-25H,7-12,17-18H2,1-6H3. The Balaban J connectivity index is 1.25. The summed E-state index contributed by atoms with van der Waals surface area (Å²) < 4.78 is 19.2. The molecule has 0 unspecified atom stereocenters. The molecule has 8 aromatic rings. The number of aryl methyl sites for hydroxylation is 2. The van der Waals surface area contributed by atoms with Crippen molar-refractivity contribution in [3.8, 4) is 11.3 Å². The molecule has 0 N–H and O–H groups in total. The molecule has 0 radical (unpaired) electrons. The third-order valence-electron chi connectivity index (χ3n) is 10.5. The van der Waals surface area contributed by atoms with Gasteiger partial charge < -0.3 is 32.2 Å². The molecule has 252 valence electrons. The van der Waals surface area contributed by atoms with E-state index in [-0.39, 0.29) is 5.63 Å². The van der Waals surface area contributed by atoms with Gasteiger partial charge in [-0.25, -0.2) is 4.79 Å². The lowest BCUT2D eigenvalue weighted by molar-refractivity contribution is 0.562. The van der Waals surface area contributed by atoms with Crippen LogP contribution in [0.4, 0.5) is 11.4 Å². The number of hydrogen-bond acceptors (Lipinski definition) is 5. The number of fused-ring (bicyclic) bond motifs is 9. The van der Waals surface area contributed by atoms with Crippen molar-refractivity contribution in [1.29, 1.82) is 0 Å². The van der Waals surface area contributed by atoms with Crippen molar-refractivity contribution in [2.45, 2.75) is 53.4 Å². The van der Waals surface area contributed by atoms with E-state index in [9.17, 15) is 4.79 Å². The van der Waals surface area contributed by atoms with E-state index in [4.69, 9.17) is 8.83 Å². The molecule has 0 fully saturated rings. The average molecular weight is 656 g/mol. The normalized spacial score (nSPS) is 12.2. The molecule has 0 atom stereocenters. The number of aromatic nitrogens is 3. The van der Waals surface area contributed by atoms with E-state index in [0.717, 1.165) is 92.5 Å². The maximum absolute atomic E-state index is 13.5. The largest absolute Gasteiger partial charge is 0.454 e. The van der Waals surface area contributed by atoms with Crippen LogP contribution in [0.25, 0.3) is 71.7 Å². The first kappa shape index (κ1) is 31.2. The molecule has 8 heteroatoms. The highest BCUT2D eigenvalue weighted by atomic mass is 16.4. The first-order valence-electron chi connectivity index (χ1n) is 17.9. The van der Waals surface area contributed by atoms with Gasteiger partial charge in [0.1, 0.15) is 11.2 Å². The Morgan fingerprint density at radius 2 is 1.27 bits per heavy atom. The van der Waals surface area contributed by atoms with Gasteiger partial charge in [0.05, 0.1) is 45.0 Å². The molecular formula is C41H45N5O3. The maximum Gasteiger partial charge on any atom is 0.345 e. The van der Waals surface area contributed by atoms with Gasteiger partial charge in [-0.05, 0) is 75.2 Å². The SMILES string of the molecule is CCCCN(CCCC)c1ccc2cc3c(cn4c3cc3c4c4c(cc(-c5cc6ccc(N(CC)CC)cc6oc5=O)n4C)n3C)oc2c1.